The lowest BCUT2D eigenvalue weighted by atomic mass is 10.1. The Balaban J connectivity index is 2.05. The van der Waals surface area contributed by atoms with Crippen molar-refractivity contribution >= 4 is 11.5 Å². The topological polar surface area (TPSA) is 89.8 Å². The third-order valence-electron chi connectivity index (χ3n) is 2.52. The highest BCUT2D eigenvalue weighted by Crippen LogP contribution is 2.14. The molecule has 0 radical (unpaired) electrons. The molecule has 1 aliphatic heterocycles. The molecule has 5 N–H and O–H groups in total. The SMILES string of the molecule is Nc1cc(CC2CCCN2)nnc1N. The maximum absolute atomic E-state index is 5.65. The van der Waals surface area contributed by atoms with Crippen molar-refractivity contribution < 1.29 is 0 Å². The molecule has 1 fully saturated rings. The highest BCUT2D eigenvalue weighted by Gasteiger charge is 2.15. The first-order valence-corrected chi connectivity index (χ1v) is 4.86. The highest BCUT2D eigenvalue weighted by molar-refractivity contribution is 5.57. The molecule has 0 spiro atoms. The number of anilines is 2. The van der Waals surface area contributed by atoms with Gasteiger partial charge >= 0.3 is 0 Å². The van der Waals surface area contributed by atoms with E-state index in [0.29, 0.717) is 17.5 Å². The maximum atomic E-state index is 5.65. The summed E-state index contributed by atoms with van der Waals surface area (Å²) in [5, 5.41) is 11.2. The average Bonchev–Trinajstić information content (AvgIpc) is 2.64. The first-order valence-electron chi connectivity index (χ1n) is 4.86. The van der Waals surface area contributed by atoms with E-state index in [9.17, 15) is 0 Å². The van der Waals surface area contributed by atoms with Gasteiger partial charge in [0.15, 0.2) is 5.82 Å². The lowest BCUT2D eigenvalue weighted by Gasteiger charge is -2.09. The fourth-order valence-corrected chi connectivity index (χ4v) is 1.74. The van der Waals surface area contributed by atoms with E-state index in [4.69, 9.17) is 11.5 Å². The van der Waals surface area contributed by atoms with Crippen molar-refractivity contribution in [2.75, 3.05) is 18.0 Å². The van der Waals surface area contributed by atoms with Gasteiger partial charge < -0.3 is 16.8 Å². The molecule has 1 unspecified atom stereocenters. The molecule has 0 bridgehead atoms. The smallest absolute Gasteiger partial charge is 0.169 e. The second kappa shape index (κ2) is 3.79. The summed E-state index contributed by atoms with van der Waals surface area (Å²) < 4.78 is 0. The predicted octanol–water partition coefficient (Wildman–Crippen LogP) is -0.0645. The highest BCUT2D eigenvalue weighted by atomic mass is 15.1. The number of nitrogens with two attached hydrogens (primary N) is 2. The summed E-state index contributed by atoms with van der Waals surface area (Å²) in [5.41, 5.74) is 12.6. The molecule has 1 atom stereocenters. The molecular formula is C9H15N5. The van der Waals surface area contributed by atoms with E-state index in [1.807, 2.05) is 6.07 Å². The van der Waals surface area contributed by atoms with Gasteiger partial charge in [0.1, 0.15) is 0 Å². The molecule has 0 amide bonds. The zero-order valence-electron chi connectivity index (χ0n) is 8.03. The van der Waals surface area contributed by atoms with Gasteiger partial charge in [-0.2, -0.15) is 5.10 Å². The molecule has 1 aromatic heterocycles. The maximum Gasteiger partial charge on any atom is 0.169 e. The minimum absolute atomic E-state index is 0.313. The summed E-state index contributed by atoms with van der Waals surface area (Å²) in [6.07, 6.45) is 3.33. The molecule has 5 nitrogen and oxygen atoms in total. The van der Waals surface area contributed by atoms with Gasteiger partial charge in [-0.3, -0.25) is 0 Å². The molecule has 76 valence electrons. The van der Waals surface area contributed by atoms with E-state index in [0.717, 1.165) is 18.7 Å². The summed E-state index contributed by atoms with van der Waals surface area (Å²) in [6, 6.07) is 2.33. The molecule has 2 heterocycles. The lowest BCUT2D eigenvalue weighted by Crippen LogP contribution is -2.24. The fourth-order valence-electron chi connectivity index (χ4n) is 1.74. The van der Waals surface area contributed by atoms with Gasteiger partial charge in [-0.25, -0.2) is 0 Å². The molecule has 2 rings (SSSR count). The van der Waals surface area contributed by atoms with Crippen LogP contribution in [-0.4, -0.2) is 22.8 Å². The fraction of sp³-hybridized carbons (Fsp3) is 0.556. The second-order valence-electron chi connectivity index (χ2n) is 3.67. The first-order chi connectivity index (χ1) is 6.75. The largest absolute Gasteiger partial charge is 0.396 e. The number of rotatable bonds is 2. The number of hydrogen-bond acceptors (Lipinski definition) is 5. The van der Waals surface area contributed by atoms with E-state index >= 15 is 0 Å². The molecule has 1 aromatic rings. The molecule has 5 heteroatoms. The van der Waals surface area contributed by atoms with Gasteiger partial charge in [-0.15, -0.1) is 5.10 Å². The van der Waals surface area contributed by atoms with Gasteiger partial charge in [-0.05, 0) is 25.5 Å². The van der Waals surface area contributed by atoms with E-state index in [2.05, 4.69) is 15.5 Å². The molecule has 0 aromatic carbocycles. The third kappa shape index (κ3) is 1.93. The van der Waals surface area contributed by atoms with Crippen LogP contribution in [0.2, 0.25) is 0 Å². The summed E-state index contributed by atoms with van der Waals surface area (Å²) in [4.78, 5) is 0. The lowest BCUT2D eigenvalue weighted by molar-refractivity contribution is 0.591. The Labute approximate surface area is 82.9 Å². The van der Waals surface area contributed by atoms with Crippen molar-refractivity contribution in [3.05, 3.63) is 11.8 Å². The van der Waals surface area contributed by atoms with Gasteiger partial charge in [0.2, 0.25) is 0 Å². The summed E-state index contributed by atoms with van der Waals surface area (Å²) in [6.45, 7) is 1.10. The van der Waals surface area contributed by atoms with Crippen molar-refractivity contribution in [3.8, 4) is 0 Å². The van der Waals surface area contributed by atoms with Crippen LogP contribution in [0, 0.1) is 0 Å². The van der Waals surface area contributed by atoms with Gasteiger partial charge in [0.05, 0.1) is 11.4 Å². The molecule has 0 saturated carbocycles. The Morgan fingerprint density at radius 2 is 2.29 bits per heavy atom. The monoisotopic (exact) mass is 193 g/mol. The van der Waals surface area contributed by atoms with Crippen molar-refractivity contribution in [2.45, 2.75) is 25.3 Å². The standard InChI is InChI=1S/C9H15N5/c10-8-5-7(13-14-9(8)11)4-6-2-1-3-12-6/h5-6,12H,1-4H2,(H2,10,13)(H2,11,14). The van der Waals surface area contributed by atoms with Crippen LogP contribution in [0.3, 0.4) is 0 Å². The van der Waals surface area contributed by atoms with Crippen LogP contribution in [0.15, 0.2) is 6.07 Å². The van der Waals surface area contributed by atoms with Gasteiger partial charge in [0, 0.05) is 12.5 Å². The average molecular weight is 193 g/mol. The number of nitrogens with zero attached hydrogens (tertiary/aromatic N) is 2. The normalized spacial score (nSPS) is 21.3. The van der Waals surface area contributed by atoms with E-state index in [1.54, 1.807) is 0 Å². The van der Waals surface area contributed by atoms with Crippen molar-refractivity contribution in [3.63, 3.8) is 0 Å². The Hall–Kier alpha value is -1.36. The van der Waals surface area contributed by atoms with Crippen LogP contribution in [-0.2, 0) is 6.42 Å². The quantitative estimate of drug-likeness (QED) is 0.612. The van der Waals surface area contributed by atoms with Crippen LogP contribution in [0.5, 0.6) is 0 Å². The first kappa shape index (κ1) is 9.21. The number of hydrogen-bond donors (Lipinski definition) is 3. The Bertz CT molecular complexity index is 319. The third-order valence-corrected chi connectivity index (χ3v) is 2.52. The van der Waals surface area contributed by atoms with Crippen molar-refractivity contribution in [2.24, 2.45) is 0 Å². The zero-order chi connectivity index (χ0) is 9.97. The summed E-state index contributed by atoms with van der Waals surface area (Å²) in [5.74, 6) is 0.313. The van der Waals surface area contributed by atoms with Gasteiger partial charge in [0.25, 0.3) is 0 Å². The summed E-state index contributed by atoms with van der Waals surface area (Å²) >= 11 is 0. The summed E-state index contributed by atoms with van der Waals surface area (Å²) in [7, 11) is 0. The molecule has 14 heavy (non-hydrogen) atoms. The Kier molecular flexibility index (Phi) is 2.49. The minimum Gasteiger partial charge on any atom is -0.396 e. The minimum atomic E-state index is 0.313. The molecule has 1 saturated heterocycles. The van der Waals surface area contributed by atoms with Crippen molar-refractivity contribution in [1.82, 2.24) is 15.5 Å². The number of nitrogens with one attached hydrogen (secondary N) is 1. The van der Waals surface area contributed by atoms with E-state index in [1.165, 1.54) is 12.8 Å². The van der Waals surface area contributed by atoms with Crippen LogP contribution in [0.4, 0.5) is 11.5 Å². The van der Waals surface area contributed by atoms with Crippen LogP contribution in [0.1, 0.15) is 18.5 Å². The van der Waals surface area contributed by atoms with E-state index in [-0.39, 0.29) is 0 Å². The Morgan fingerprint density at radius 1 is 1.43 bits per heavy atom. The van der Waals surface area contributed by atoms with Crippen LogP contribution >= 0.6 is 0 Å². The van der Waals surface area contributed by atoms with Crippen LogP contribution in [0.25, 0.3) is 0 Å². The van der Waals surface area contributed by atoms with Crippen molar-refractivity contribution in [1.29, 1.82) is 0 Å². The molecule has 0 aliphatic carbocycles. The Morgan fingerprint density at radius 3 is 2.93 bits per heavy atom. The number of aromatic nitrogens is 2. The second-order valence-corrected chi connectivity index (χ2v) is 3.67. The molecule has 1 aliphatic rings. The van der Waals surface area contributed by atoms with E-state index < -0.39 is 0 Å². The van der Waals surface area contributed by atoms with Gasteiger partial charge in [-0.1, -0.05) is 0 Å². The molecular weight excluding hydrogens is 178 g/mol. The predicted molar refractivity (Wildman–Crippen MR) is 55.6 cm³/mol. The zero-order valence-corrected chi connectivity index (χ0v) is 8.03. The number of nitrogen functional groups attached to an aromatic ring is 2. The van der Waals surface area contributed by atoms with Crippen LogP contribution < -0.4 is 16.8 Å².